The molecule has 0 amide bonds. The van der Waals surface area contributed by atoms with Gasteiger partial charge in [0.2, 0.25) is 0 Å². The molecule has 0 unspecified atom stereocenters. The number of aliphatic hydroxyl groups is 1. The summed E-state index contributed by atoms with van der Waals surface area (Å²) in [7, 11) is 0. The molecule has 0 fully saturated rings. The number of rotatable bonds is 1. The predicted molar refractivity (Wildman–Crippen MR) is 62.3 cm³/mol. The zero-order chi connectivity index (χ0) is 11.1. The van der Waals surface area contributed by atoms with Crippen LogP contribution in [0.4, 0.5) is 5.69 Å². The Hall–Kier alpha value is -1.28. The van der Waals surface area contributed by atoms with E-state index in [0.29, 0.717) is 0 Å². The van der Waals surface area contributed by atoms with Gasteiger partial charge in [0.25, 0.3) is 0 Å². The second-order valence-corrected chi connectivity index (χ2v) is 3.26. The first-order chi connectivity index (χ1) is 6.52. The van der Waals surface area contributed by atoms with E-state index in [1.165, 1.54) is 22.8 Å². The van der Waals surface area contributed by atoms with Crippen molar-refractivity contribution in [3.8, 4) is 0 Å². The van der Waals surface area contributed by atoms with Crippen LogP contribution in [0.1, 0.15) is 16.7 Å². The molecule has 0 aliphatic rings. The highest BCUT2D eigenvalue weighted by atomic mass is 16.2. The molecule has 0 saturated heterocycles. The normalized spacial score (nSPS) is 8.86. The molecular weight excluding hydrogens is 174 g/mol. The molecule has 0 saturated carbocycles. The van der Waals surface area contributed by atoms with Crippen molar-refractivity contribution in [2.24, 2.45) is 0 Å². The Morgan fingerprint density at radius 2 is 1.64 bits per heavy atom. The molecule has 14 heavy (non-hydrogen) atoms. The van der Waals surface area contributed by atoms with Gasteiger partial charge in [-0.15, -0.1) is 6.58 Å². The average molecular weight is 193 g/mol. The minimum Gasteiger partial charge on any atom is -0.399 e. The summed E-state index contributed by atoms with van der Waals surface area (Å²) >= 11 is 0. The monoisotopic (exact) mass is 193 g/mol. The van der Waals surface area contributed by atoms with Crippen LogP contribution in [0.2, 0.25) is 0 Å². The van der Waals surface area contributed by atoms with Gasteiger partial charge >= 0.3 is 0 Å². The quantitative estimate of drug-likeness (QED) is 0.531. The lowest BCUT2D eigenvalue weighted by Gasteiger charge is -2.03. The molecule has 0 bridgehead atoms. The summed E-state index contributed by atoms with van der Waals surface area (Å²) in [6.45, 7) is 9.52. The van der Waals surface area contributed by atoms with Crippen molar-refractivity contribution in [1.29, 1.82) is 0 Å². The maximum Gasteiger partial charge on any atom is 0.0609 e. The summed E-state index contributed by atoms with van der Waals surface area (Å²) in [6, 6.07) is 4.13. The summed E-state index contributed by atoms with van der Waals surface area (Å²) in [5, 5.41) is 7.76. The minimum absolute atomic E-state index is 0.0833. The third-order valence-electron chi connectivity index (χ3n) is 2.01. The molecule has 1 rings (SSSR count). The Morgan fingerprint density at radius 3 is 2.00 bits per heavy atom. The highest BCUT2D eigenvalue weighted by molar-refractivity contribution is 5.50. The molecular formula is C12H19NO. The zero-order valence-corrected chi connectivity index (χ0v) is 9.17. The van der Waals surface area contributed by atoms with Crippen LogP contribution >= 0.6 is 0 Å². The second-order valence-electron chi connectivity index (χ2n) is 3.26. The molecule has 0 aliphatic heterocycles. The third-order valence-corrected chi connectivity index (χ3v) is 2.01. The highest BCUT2D eigenvalue weighted by Crippen LogP contribution is 2.16. The van der Waals surface area contributed by atoms with Crippen molar-refractivity contribution in [3.05, 3.63) is 41.5 Å². The van der Waals surface area contributed by atoms with Crippen LogP contribution in [0.25, 0.3) is 0 Å². The number of hydrogen-bond acceptors (Lipinski definition) is 2. The van der Waals surface area contributed by atoms with Crippen molar-refractivity contribution in [2.75, 3.05) is 12.3 Å². The standard InChI is InChI=1S/C9H13N.C3H6O/c1-6-4-8(3)9(10)5-7(6)2;1-2-3-4/h4-5H,10H2,1-3H3;2,4H,1,3H2. The number of benzene rings is 1. The molecule has 0 aromatic heterocycles. The number of hydrogen-bond donors (Lipinski definition) is 2. The Morgan fingerprint density at radius 1 is 1.21 bits per heavy atom. The van der Waals surface area contributed by atoms with Crippen LogP contribution in [-0.4, -0.2) is 11.7 Å². The summed E-state index contributed by atoms with van der Waals surface area (Å²) < 4.78 is 0. The first-order valence-electron chi connectivity index (χ1n) is 4.58. The van der Waals surface area contributed by atoms with E-state index in [9.17, 15) is 0 Å². The van der Waals surface area contributed by atoms with E-state index in [4.69, 9.17) is 10.8 Å². The van der Waals surface area contributed by atoms with Crippen LogP contribution in [0.3, 0.4) is 0 Å². The molecule has 0 aliphatic carbocycles. The van der Waals surface area contributed by atoms with Crippen molar-refractivity contribution >= 4 is 5.69 Å². The second kappa shape index (κ2) is 6.22. The van der Waals surface area contributed by atoms with Gasteiger partial charge in [-0.2, -0.15) is 0 Å². The molecule has 2 nitrogen and oxygen atoms in total. The van der Waals surface area contributed by atoms with Crippen molar-refractivity contribution in [1.82, 2.24) is 0 Å². The number of aryl methyl sites for hydroxylation is 3. The first kappa shape index (κ1) is 12.7. The molecule has 0 atom stereocenters. The van der Waals surface area contributed by atoms with E-state index in [1.54, 1.807) is 0 Å². The SMILES string of the molecule is C=CCO.Cc1cc(C)c(N)cc1C. The van der Waals surface area contributed by atoms with Gasteiger partial charge in [0, 0.05) is 5.69 Å². The van der Waals surface area contributed by atoms with Crippen molar-refractivity contribution in [2.45, 2.75) is 20.8 Å². The molecule has 1 aromatic rings. The summed E-state index contributed by atoms with van der Waals surface area (Å²) in [6.07, 6.45) is 1.43. The van der Waals surface area contributed by atoms with Gasteiger partial charge < -0.3 is 10.8 Å². The molecule has 78 valence electrons. The Labute approximate surface area is 86.1 Å². The van der Waals surface area contributed by atoms with E-state index in [-0.39, 0.29) is 6.61 Å². The molecule has 0 heterocycles. The molecule has 1 aromatic carbocycles. The lowest BCUT2D eigenvalue weighted by atomic mass is 10.1. The van der Waals surface area contributed by atoms with Crippen LogP contribution < -0.4 is 5.73 Å². The fourth-order valence-corrected chi connectivity index (χ4v) is 0.983. The fraction of sp³-hybridized carbons (Fsp3) is 0.333. The van der Waals surface area contributed by atoms with E-state index in [1.807, 2.05) is 13.0 Å². The molecule has 3 N–H and O–H groups in total. The van der Waals surface area contributed by atoms with Crippen LogP contribution in [0.5, 0.6) is 0 Å². The molecule has 0 radical (unpaired) electrons. The minimum atomic E-state index is 0.0833. The van der Waals surface area contributed by atoms with Crippen molar-refractivity contribution in [3.63, 3.8) is 0 Å². The third kappa shape index (κ3) is 4.10. The Bertz CT molecular complexity index is 255. The lowest BCUT2D eigenvalue weighted by Crippen LogP contribution is -1.91. The number of anilines is 1. The highest BCUT2D eigenvalue weighted by Gasteiger charge is 1.95. The maximum absolute atomic E-state index is 7.76. The van der Waals surface area contributed by atoms with E-state index < -0.39 is 0 Å². The number of aliphatic hydroxyl groups excluding tert-OH is 1. The van der Waals surface area contributed by atoms with Gasteiger partial charge in [0.1, 0.15) is 0 Å². The van der Waals surface area contributed by atoms with Crippen LogP contribution in [-0.2, 0) is 0 Å². The van der Waals surface area contributed by atoms with Gasteiger partial charge in [0.15, 0.2) is 0 Å². The summed E-state index contributed by atoms with van der Waals surface area (Å²) in [5.41, 5.74) is 10.3. The van der Waals surface area contributed by atoms with Crippen LogP contribution in [0, 0.1) is 20.8 Å². The smallest absolute Gasteiger partial charge is 0.0609 e. The lowest BCUT2D eigenvalue weighted by molar-refractivity contribution is 0.343. The van der Waals surface area contributed by atoms with E-state index >= 15 is 0 Å². The molecule has 0 spiro atoms. The summed E-state index contributed by atoms with van der Waals surface area (Å²) in [5.74, 6) is 0. The van der Waals surface area contributed by atoms with Crippen LogP contribution in [0.15, 0.2) is 24.8 Å². The Balaban J connectivity index is 0.000000364. The van der Waals surface area contributed by atoms with Gasteiger partial charge in [-0.25, -0.2) is 0 Å². The van der Waals surface area contributed by atoms with E-state index in [2.05, 4.69) is 26.5 Å². The fourth-order valence-electron chi connectivity index (χ4n) is 0.983. The maximum atomic E-state index is 7.76. The summed E-state index contributed by atoms with van der Waals surface area (Å²) in [4.78, 5) is 0. The first-order valence-corrected chi connectivity index (χ1v) is 4.58. The van der Waals surface area contributed by atoms with Gasteiger partial charge in [-0.1, -0.05) is 12.1 Å². The zero-order valence-electron chi connectivity index (χ0n) is 9.17. The molecule has 2 heteroatoms. The number of nitrogens with two attached hydrogens (primary N) is 1. The van der Waals surface area contributed by atoms with Gasteiger partial charge in [-0.3, -0.25) is 0 Å². The van der Waals surface area contributed by atoms with Gasteiger partial charge in [-0.05, 0) is 43.5 Å². The number of nitrogen functional groups attached to an aromatic ring is 1. The largest absolute Gasteiger partial charge is 0.399 e. The predicted octanol–water partition coefficient (Wildman–Crippen LogP) is 2.36. The Kier molecular flexibility index (Phi) is 5.65. The van der Waals surface area contributed by atoms with Crippen molar-refractivity contribution < 1.29 is 5.11 Å². The topological polar surface area (TPSA) is 46.2 Å². The van der Waals surface area contributed by atoms with Gasteiger partial charge in [0.05, 0.1) is 6.61 Å². The van der Waals surface area contributed by atoms with E-state index in [0.717, 1.165) is 5.69 Å². The average Bonchev–Trinajstić information content (AvgIpc) is 2.15.